The Labute approximate surface area is 135 Å². The molecule has 1 unspecified atom stereocenters. The maximum absolute atomic E-state index is 10.8. The Morgan fingerprint density at radius 3 is 2.95 bits per heavy atom. The maximum atomic E-state index is 10.8. The van der Waals surface area contributed by atoms with Crippen molar-refractivity contribution in [2.75, 3.05) is 0 Å². The number of benzene rings is 1. The Bertz CT molecular complexity index is 803. The minimum Gasteiger partial charge on any atom is -0.382 e. The lowest BCUT2D eigenvalue weighted by atomic mass is 10.0. The van der Waals surface area contributed by atoms with E-state index in [0.29, 0.717) is 22.8 Å². The average Bonchev–Trinajstić information content (AvgIpc) is 2.88. The lowest BCUT2D eigenvalue weighted by Gasteiger charge is -2.15. The van der Waals surface area contributed by atoms with Crippen LogP contribution < -0.4 is 0 Å². The maximum Gasteiger partial charge on any atom is 0.124 e. The van der Waals surface area contributed by atoms with Crippen LogP contribution in [0.5, 0.6) is 0 Å². The lowest BCUT2D eigenvalue weighted by Crippen LogP contribution is -2.10. The van der Waals surface area contributed by atoms with Gasteiger partial charge >= 0.3 is 0 Å². The predicted molar refractivity (Wildman–Crippen MR) is 86.4 cm³/mol. The first kappa shape index (κ1) is 14.5. The molecule has 0 aliphatic carbocycles. The third kappa shape index (κ3) is 2.46. The van der Waals surface area contributed by atoms with Crippen LogP contribution >= 0.6 is 27.5 Å². The molecule has 2 heterocycles. The fourth-order valence-corrected chi connectivity index (χ4v) is 3.12. The molecule has 0 amide bonds. The van der Waals surface area contributed by atoms with E-state index >= 15 is 0 Å². The second-order valence-corrected chi connectivity index (χ2v) is 5.89. The third-order valence-corrected chi connectivity index (χ3v) is 4.42. The molecule has 0 saturated heterocycles. The zero-order chi connectivity index (χ0) is 15.0. The van der Waals surface area contributed by atoms with Crippen molar-refractivity contribution in [2.24, 2.45) is 0 Å². The molecular formula is C15H13BrClN3O. The summed E-state index contributed by atoms with van der Waals surface area (Å²) >= 11 is 9.68. The second-order valence-electron chi connectivity index (χ2n) is 4.63. The summed E-state index contributed by atoms with van der Waals surface area (Å²) in [5, 5.41) is 16.3. The van der Waals surface area contributed by atoms with Crippen molar-refractivity contribution in [2.45, 2.75) is 19.6 Å². The van der Waals surface area contributed by atoms with Crippen LogP contribution in [-0.2, 0) is 6.54 Å². The molecule has 108 valence electrons. The van der Waals surface area contributed by atoms with Crippen LogP contribution in [0, 0.1) is 0 Å². The van der Waals surface area contributed by atoms with E-state index in [1.807, 2.05) is 31.2 Å². The molecular weight excluding hydrogens is 354 g/mol. The summed E-state index contributed by atoms with van der Waals surface area (Å²) in [6.07, 6.45) is 2.40. The first-order valence-corrected chi connectivity index (χ1v) is 7.73. The molecule has 0 aliphatic heterocycles. The fraction of sp³-hybridized carbons (Fsp3) is 0.200. The van der Waals surface area contributed by atoms with Gasteiger partial charge in [0.05, 0.1) is 22.4 Å². The molecule has 0 saturated carbocycles. The van der Waals surface area contributed by atoms with E-state index in [2.05, 4.69) is 26.0 Å². The number of fused-ring (bicyclic) bond motifs is 1. The van der Waals surface area contributed by atoms with Gasteiger partial charge < -0.3 is 5.11 Å². The summed E-state index contributed by atoms with van der Waals surface area (Å²) in [6, 6.07) is 7.59. The molecule has 1 aromatic carbocycles. The average molecular weight is 367 g/mol. The highest BCUT2D eigenvalue weighted by atomic mass is 79.9. The van der Waals surface area contributed by atoms with Gasteiger partial charge in [-0.3, -0.25) is 9.67 Å². The van der Waals surface area contributed by atoms with Crippen LogP contribution in [0.3, 0.4) is 0 Å². The Hall–Kier alpha value is -1.43. The number of pyridine rings is 1. The van der Waals surface area contributed by atoms with Crippen molar-refractivity contribution in [1.29, 1.82) is 0 Å². The molecule has 21 heavy (non-hydrogen) atoms. The topological polar surface area (TPSA) is 50.9 Å². The summed E-state index contributed by atoms with van der Waals surface area (Å²) < 4.78 is 2.64. The molecule has 2 aromatic heterocycles. The molecule has 3 aromatic rings. The lowest BCUT2D eigenvalue weighted by molar-refractivity contribution is 0.209. The first-order valence-electron chi connectivity index (χ1n) is 6.56. The van der Waals surface area contributed by atoms with Crippen molar-refractivity contribution in [3.8, 4) is 0 Å². The molecule has 0 aliphatic rings. The van der Waals surface area contributed by atoms with Gasteiger partial charge in [0.15, 0.2) is 0 Å². The van der Waals surface area contributed by atoms with E-state index in [1.54, 1.807) is 17.1 Å². The molecule has 0 spiro atoms. The van der Waals surface area contributed by atoms with Crippen molar-refractivity contribution >= 4 is 38.4 Å². The summed E-state index contributed by atoms with van der Waals surface area (Å²) in [7, 11) is 0. The normalized spacial score (nSPS) is 12.8. The van der Waals surface area contributed by atoms with Gasteiger partial charge in [-0.05, 0) is 19.1 Å². The van der Waals surface area contributed by atoms with Gasteiger partial charge in [-0.2, -0.15) is 5.10 Å². The van der Waals surface area contributed by atoms with Crippen LogP contribution in [0.15, 0.2) is 41.1 Å². The van der Waals surface area contributed by atoms with Gasteiger partial charge in [0.1, 0.15) is 6.10 Å². The third-order valence-electron chi connectivity index (χ3n) is 3.43. The Morgan fingerprint density at radius 1 is 1.38 bits per heavy atom. The molecule has 0 fully saturated rings. The zero-order valence-corrected chi connectivity index (χ0v) is 13.6. The van der Waals surface area contributed by atoms with Crippen LogP contribution in [0.25, 0.3) is 10.9 Å². The molecule has 0 bridgehead atoms. The first-order chi connectivity index (χ1) is 10.1. The number of aryl methyl sites for hydroxylation is 1. The molecule has 3 rings (SSSR count). The minimum atomic E-state index is -0.870. The number of halogens is 2. The number of hydrogen-bond donors (Lipinski definition) is 1. The molecule has 4 nitrogen and oxygen atoms in total. The van der Waals surface area contributed by atoms with Gasteiger partial charge in [0, 0.05) is 28.2 Å². The number of aliphatic hydroxyl groups is 1. The summed E-state index contributed by atoms with van der Waals surface area (Å²) in [4.78, 5) is 4.40. The molecule has 6 heteroatoms. The zero-order valence-electron chi connectivity index (χ0n) is 11.3. The van der Waals surface area contributed by atoms with Gasteiger partial charge in [0.25, 0.3) is 0 Å². The van der Waals surface area contributed by atoms with E-state index in [0.717, 1.165) is 15.4 Å². The summed E-state index contributed by atoms with van der Waals surface area (Å²) in [5.41, 5.74) is 2.05. The number of hydrogen-bond acceptors (Lipinski definition) is 3. The van der Waals surface area contributed by atoms with E-state index < -0.39 is 6.10 Å². The number of rotatable bonds is 3. The number of aromatic nitrogens is 3. The minimum absolute atomic E-state index is 0.455. The van der Waals surface area contributed by atoms with Crippen LogP contribution in [0.2, 0.25) is 5.02 Å². The second kappa shape index (κ2) is 5.75. The van der Waals surface area contributed by atoms with E-state index in [4.69, 9.17) is 11.6 Å². The van der Waals surface area contributed by atoms with Crippen LogP contribution in [0.4, 0.5) is 0 Å². The van der Waals surface area contributed by atoms with Crippen molar-refractivity contribution in [3.63, 3.8) is 0 Å². The predicted octanol–water partition coefficient (Wildman–Crippen LogP) is 3.95. The Balaban J connectivity index is 2.21. The Morgan fingerprint density at radius 2 is 2.19 bits per heavy atom. The largest absolute Gasteiger partial charge is 0.382 e. The number of nitrogens with zero attached hydrogens (tertiary/aromatic N) is 3. The van der Waals surface area contributed by atoms with E-state index in [-0.39, 0.29) is 0 Å². The quantitative estimate of drug-likeness (QED) is 0.763. The molecule has 0 radical (unpaired) electrons. The highest BCUT2D eigenvalue weighted by molar-refractivity contribution is 9.10. The van der Waals surface area contributed by atoms with Gasteiger partial charge in [-0.15, -0.1) is 0 Å². The summed E-state index contributed by atoms with van der Waals surface area (Å²) in [5.74, 6) is 0. The smallest absolute Gasteiger partial charge is 0.124 e. The standard InChI is InChI=1S/C15H13BrClN3O/c1-2-20-14(12(17)8-19-20)15(21)10-5-6-11(16)9-4-3-7-18-13(9)10/h3-8,15,21H,2H2,1H3. The van der Waals surface area contributed by atoms with Crippen molar-refractivity contribution < 1.29 is 5.11 Å². The highest BCUT2D eigenvalue weighted by Gasteiger charge is 2.22. The van der Waals surface area contributed by atoms with Crippen LogP contribution in [-0.4, -0.2) is 19.9 Å². The van der Waals surface area contributed by atoms with Gasteiger partial charge in [0.2, 0.25) is 0 Å². The summed E-state index contributed by atoms with van der Waals surface area (Å²) in [6.45, 7) is 2.60. The fourth-order valence-electron chi connectivity index (χ4n) is 2.42. The highest BCUT2D eigenvalue weighted by Crippen LogP contribution is 2.34. The number of aliphatic hydroxyl groups excluding tert-OH is 1. The van der Waals surface area contributed by atoms with E-state index in [1.165, 1.54) is 0 Å². The monoisotopic (exact) mass is 365 g/mol. The SMILES string of the molecule is CCn1ncc(Cl)c1C(O)c1ccc(Br)c2cccnc12. The molecule has 1 atom stereocenters. The molecule has 1 N–H and O–H groups in total. The van der Waals surface area contributed by atoms with Crippen molar-refractivity contribution in [1.82, 2.24) is 14.8 Å². The van der Waals surface area contributed by atoms with Crippen molar-refractivity contribution in [3.05, 3.63) is 57.4 Å². The van der Waals surface area contributed by atoms with E-state index in [9.17, 15) is 5.11 Å². The Kier molecular flexibility index (Phi) is 3.97. The van der Waals surface area contributed by atoms with Crippen LogP contribution in [0.1, 0.15) is 24.3 Å². The van der Waals surface area contributed by atoms with Gasteiger partial charge in [-0.25, -0.2) is 0 Å². The van der Waals surface area contributed by atoms with Gasteiger partial charge in [-0.1, -0.05) is 39.7 Å².